The minimum atomic E-state index is -3.64. The maximum atomic E-state index is 11.2. The van der Waals surface area contributed by atoms with E-state index in [-0.39, 0.29) is 4.90 Å². The van der Waals surface area contributed by atoms with Crippen LogP contribution in [-0.4, -0.2) is 8.42 Å². The van der Waals surface area contributed by atoms with Crippen LogP contribution in [0.3, 0.4) is 0 Å². The lowest BCUT2D eigenvalue weighted by molar-refractivity contribution is 0.560. The van der Waals surface area contributed by atoms with Gasteiger partial charge in [0.15, 0.2) is 0 Å². The van der Waals surface area contributed by atoms with E-state index in [1.165, 1.54) is 6.07 Å². The molecule has 18 heavy (non-hydrogen) atoms. The molecule has 2 rings (SSSR count). The van der Waals surface area contributed by atoms with Crippen molar-refractivity contribution in [3.05, 3.63) is 54.0 Å². The molecule has 0 spiro atoms. The first-order valence-corrected chi connectivity index (χ1v) is 6.94. The summed E-state index contributed by atoms with van der Waals surface area (Å²) < 4.78 is 27.3. The minimum absolute atomic E-state index is 0.130. The molecule has 1 aromatic carbocycles. The molecular formula is C12H14N2O3S. The second kappa shape index (κ2) is 5.34. The van der Waals surface area contributed by atoms with Gasteiger partial charge in [-0.05, 0) is 23.8 Å². The van der Waals surface area contributed by atoms with E-state index < -0.39 is 10.0 Å². The third kappa shape index (κ3) is 3.43. The molecule has 6 heteroatoms. The summed E-state index contributed by atoms with van der Waals surface area (Å²) in [6, 6.07) is 8.44. The summed E-state index contributed by atoms with van der Waals surface area (Å²) in [6.07, 6.45) is 3.27. The highest BCUT2D eigenvalue weighted by molar-refractivity contribution is 7.89. The number of hydrogen-bond donors (Lipinski definition) is 2. The van der Waals surface area contributed by atoms with E-state index in [0.29, 0.717) is 13.1 Å². The van der Waals surface area contributed by atoms with Gasteiger partial charge < -0.3 is 9.73 Å². The Morgan fingerprint density at radius 2 is 1.94 bits per heavy atom. The first-order valence-electron chi connectivity index (χ1n) is 5.39. The lowest BCUT2D eigenvalue weighted by Gasteiger charge is -2.05. The predicted octanol–water partition coefficient (Wildman–Crippen LogP) is 1.22. The fourth-order valence-electron chi connectivity index (χ4n) is 1.58. The van der Waals surface area contributed by atoms with Crippen molar-refractivity contribution < 1.29 is 12.8 Å². The van der Waals surface area contributed by atoms with Crippen LogP contribution in [0.5, 0.6) is 0 Å². The van der Waals surface area contributed by atoms with Gasteiger partial charge in [-0.15, -0.1) is 0 Å². The van der Waals surface area contributed by atoms with Crippen molar-refractivity contribution in [1.82, 2.24) is 5.32 Å². The molecule has 0 fully saturated rings. The zero-order valence-electron chi connectivity index (χ0n) is 9.67. The van der Waals surface area contributed by atoms with Crippen LogP contribution in [0.1, 0.15) is 11.1 Å². The SMILES string of the molecule is NS(=O)(=O)c1cccc(CNCc2ccoc2)c1. The van der Waals surface area contributed by atoms with Crippen molar-refractivity contribution in [2.24, 2.45) is 5.14 Å². The largest absolute Gasteiger partial charge is 0.472 e. The molecule has 5 nitrogen and oxygen atoms in total. The molecule has 96 valence electrons. The Morgan fingerprint density at radius 3 is 2.61 bits per heavy atom. The summed E-state index contributed by atoms with van der Waals surface area (Å²) >= 11 is 0. The number of hydrogen-bond acceptors (Lipinski definition) is 4. The Bertz CT molecular complexity index is 606. The number of sulfonamides is 1. The van der Waals surface area contributed by atoms with E-state index in [1.807, 2.05) is 12.1 Å². The molecule has 0 radical (unpaired) electrons. The van der Waals surface area contributed by atoms with Crippen molar-refractivity contribution in [3.63, 3.8) is 0 Å². The van der Waals surface area contributed by atoms with Crippen LogP contribution in [0.2, 0.25) is 0 Å². The van der Waals surface area contributed by atoms with Crippen LogP contribution in [0.25, 0.3) is 0 Å². The summed E-state index contributed by atoms with van der Waals surface area (Å²) in [5.41, 5.74) is 1.91. The van der Waals surface area contributed by atoms with Gasteiger partial charge >= 0.3 is 0 Å². The van der Waals surface area contributed by atoms with Gasteiger partial charge in [-0.25, -0.2) is 13.6 Å². The number of nitrogens with two attached hydrogens (primary N) is 1. The van der Waals surface area contributed by atoms with E-state index in [2.05, 4.69) is 5.32 Å². The molecular weight excluding hydrogens is 252 g/mol. The molecule has 0 amide bonds. The Hall–Kier alpha value is -1.63. The molecule has 0 aliphatic rings. The van der Waals surface area contributed by atoms with Gasteiger partial charge in [0.25, 0.3) is 0 Å². The molecule has 0 atom stereocenters. The van der Waals surface area contributed by atoms with Gasteiger partial charge in [0.2, 0.25) is 10.0 Å². The maximum Gasteiger partial charge on any atom is 0.238 e. The lowest BCUT2D eigenvalue weighted by Crippen LogP contribution is -2.15. The number of primary sulfonamides is 1. The Morgan fingerprint density at radius 1 is 1.17 bits per heavy atom. The highest BCUT2D eigenvalue weighted by atomic mass is 32.2. The van der Waals surface area contributed by atoms with E-state index in [1.54, 1.807) is 24.7 Å². The number of furan rings is 1. The average molecular weight is 266 g/mol. The zero-order chi connectivity index (χ0) is 13.0. The second-order valence-corrected chi connectivity index (χ2v) is 5.49. The molecule has 2 aromatic rings. The molecule has 0 bridgehead atoms. The zero-order valence-corrected chi connectivity index (χ0v) is 10.5. The van der Waals surface area contributed by atoms with Crippen LogP contribution < -0.4 is 10.5 Å². The summed E-state index contributed by atoms with van der Waals surface area (Å²) in [6.45, 7) is 1.23. The van der Waals surface area contributed by atoms with Gasteiger partial charge in [0.1, 0.15) is 0 Å². The van der Waals surface area contributed by atoms with Gasteiger partial charge in [0.05, 0.1) is 17.4 Å². The summed E-state index contributed by atoms with van der Waals surface area (Å²) in [7, 11) is -3.64. The van der Waals surface area contributed by atoms with Gasteiger partial charge in [-0.1, -0.05) is 12.1 Å². The van der Waals surface area contributed by atoms with Gasteiger partial charge in [-0.3, -0.25) is 0 Å². The normalized spacial score (nSPS) is 11.6. The monoisotopic (exact) mass is 266 g/mol. The predicted molar refractivity (Wildman–Crippen MR) is 67.1 cm³/mol. The summed E-state index contributed by atoms with van der Waals surface area (Å²) in [5, 5.41) is 8.26. The smallest absolute Gasteiger partial charge is 0.238 e. The number of rotatable bonds is 5. The van der Waals surface area contributed by atoms with Gasteiger partial charge in [-0.2, -0.15) is 0 Å². The molecule has 0 unspecified atom stereocenters. The minimum Gasteiger partial charge on any atom is -0.472 e. The molecule has 0 aliphatic carbocycles. The Labute approximate surface area is 106 Å². The van der Waals surface area contributed by atoms with E-state index in [0.717, 1.165) is 11.1 Å². The summed E-state index contributed by atoms with van der Waals surface area (Å²) in [5.74, 6) is 0. The quantitative estimate of drug-likeness (QED) is 0.852. The standard InChI is InChI=1S/C12H14N2O3S/c13-18(15,16)12-3-1-2-10(6-12)7-14-8-11-4-5-17-9-11/h1-6,9,14H,7-8H2,(H2,13,15,16). The number of benzene rings is 1. The molecule has 0 saturated heterocycles. The van der Waals surface area contributed by atoms with Gasteiger partial charge in [0, 0.05) is 18.7 Å². The molecule has 3 N–H and O–H groups in total. The van der Waals surface area contributed by atoms with E-state index in [9.17, 15) is 8.42 Å². The van der Waals surface area contributed by atoms with Crippen LogP contribution in [0.15, 0.2) is 52.2 Å². The van der Waals surface area contributed by atoms with Crippen molar-refractivity contribution in [1.29, 1.82) is 0 Å². The van der Waals surface area contributed by atoms with Crippen molar-refractivity contribution in [2.75, 3.05) is 0 Å². The van der Waals surface area contributed by atoms with Crippen LogP contribution >= 0.6 is 0 Å². The molecule has 0 saturated carbocycles. The molecule has 1 heterocycles. The maximum absolute atomic E-state index is 11.2. The number of nitrogens with one attached hydrogen (secondary N) is 1. The van der Waals surface area contributed by atoms with Crippen molar-refractivity contribution in [2.45, 2.75) is 18.0 Å². The highest BCUT2D eigenvalue weighted by Gasteiger charge is 2.07. The first kappa shape index (κ1) is 12.8. The third-order valence-electron chi connectivity index (χ3n) is 2.47. The first-order chi connectivity index (χ1) is 8.55. The van der Waals surface area contributed by atoms with Crippen LogP contribution in [-0.2, 0) is 23.1 Å². The van der Waals surface area contributed by atoms with E-state index in [4.69, 9.17) is 9.56 Å². The Kier molecular flexibility index (Phi) is 3.81. The molecule has 1 aromatic heterocycles. The highest BCUT2D eigenvalue weighted by Crippen LogP contribution is 2.09. The summed E-state index contributed by atoms with van der Waals surface area (Å²) in [4.78, 5) is 0.130. The topological polar surface area (TPSA) is 85.3 Å². The third-order valence-corrected chi connectivity index (χ3v) is 3.38. The van der Waals surface area contributed by atoms with Crippen molar-refractivity contribution in [3.8, 4) is 0 Å². The average Bonchev–Trinajstić information content (AvgIpc) is 2.81. The van der Waals surface area contributed by atoms with E-state index >= 15 is 0 Å². The fraction of sp³-hybridized carbons (Fsp3) is 0.167. The Balaban J connectivity index is 1.98. The lowest BCUT2D eigenvalue weighted by atomic mass is 10.2. The van der Waals surface area contributed by atoms with Crippen LogP contribution in [0.4, 0.5) is 0 Å². The van der Waals surface area contributed by atoms with Crippen LogP contribution in [0, 0.1) is 0 Å². The van der Waals surface area contributed by atoms with Crippen molar-refractivity contribution >= 4 is 10.0 Å². The fourth-order valence-corrected chi connectivity index (χ4v) is 2.16. The molecule has 0 aliphatic heterocycles. The second-order valence-electron chi connectivity index (χ2n) is 3.93.